The van der Waals surface area contributed by atoms with Gasteiger partial charge in [-0.1, -0.05) is 0 Å². The maximum atomic E-state index is 6.06. The maximum Gasteiger partial charge on any atom is 0.132 e. The third kappa shape index (κ3) is 2.24. The third-order valence-corrected chi connectivity index (χ3v) is 3.39. The van der Waals surface area contributed by atoms with Gasteiger partial charge in [0, 0.05) is 42.3 Å². The molecule has 0 saturated carbocycles. The molecule has 2 N–H and O–H groups in total. The molecule has 18 heavy (non-hydrogen) atoms. The second-order valence-electron chi connectivity index (χ2n) is 4.72. The standard InChI is InChI=1S/C14H16N4/c15-12-2-1-3-13-11(12)9-17-14(18-13)8-10-4-6-16-7-5-10/h4-7,9,12H,1-3,8,15H2. The van der Waals surface area contributed by atoms with Crippen molar-refractivity contribution in [1.82, 2.24) is 15.0 Å². The van der Waals surface area contributed by atoms with E-state index in [4.69, 9.17) is 5.73 Å². The Hall–Kier alpha value is -1.81. The van der Waals surface area contributed by atoms with Crippen LogP contribution in [0.25, 0.3) is 0 Å². The maximum absolute atomic E-state index is 6.06. The summed E-state index contributed by atoms with van der Waals surface area (Å²) >= 11 is 0. The van der Waals surface area contributed by atoms with Crippen LogP contribution in [-0.4, -0.2) is 15.0 Å². The largest absolute Gasteiger partial charge is 0.324 e. The van der Waals surface area contributed by atoms with E-state index >= 15 is 0 Å². The van der Waals surface area contributed by atoms with E-state index in [1.54, 1.807) is 12.4 Å². The van der Waals surface area contributed by atoms with Gasteiger partial charge >= 0.3 is 0 Å². The molecule has 0 bridgehead atoms. The fourth-order valence-electron chi connectivity index (χ4n) is 2.39. The van der Waals surface area contributed by atoms with E-state index < -0.39 is 0 Å². The Balaban J connectivity index is 1.86. The van der Waals surface area contributed by atoms with Crippen molar-refractivity contribution in [1.29, 1.82) is 0 Å². The second-order valence-corrected chi connectivity index (χ2v) is 4.72. The monoisotopic (exact) mass is 240 g/mol. The van der Waals surface area contributed by atoms with Crippen molar-refractivity contribution < 1.29 is 0 Å². The summed E-state index contributed by atoms with van der Waals surface area (Å²) in [4.78, 5) is 13.1. The number of hydrogen-bond acceptors (Lipinski definition) is 4. The van der Waals surface area contributed by atoms with Crippen LogP contribution in [0.5, 0.6) is 0 Å². The van der Waals surface area contributed by atoms with Gasteiger partial charge < -0.3 is 5.73 Å². The van der Waals surface area contributed by atoms with Crippen LogP contribution in [0.4, 0.5) is 0 Å². The van der Waals surface area contributed by atoms with Crippen LogP contribution < -0.4 is 5.73 Å². The highest BCUT2D eigenvalue weighted by Gasteiger charge is 2.18. The summed E-state index contributed by atoms with van der Waals surface area (Å²) in [5, 5.41) is 0. The quantitative estimate of drug-likeness (QED) is 0.869. The number of aryl methyl sites for hydroxylation is 1. The molecule has 0 aromatic carbocycles. The van der Waals surface area contributed by atoms with Gasteiger partial charge in [-0.15, -0.1) is 0 Å². The molecule has 0 amide bonds. The Kier molecular flexibility index (Phi) is 3.02. The minimum absolute atomic E-state index is 0.115. The fraction of sp³-hybridized carbons (Fsp3) is 0.357. The lowest BCUT2D eigenvalue weighted by molar-refractivity contribution is 0.553. The molecule has 1 atom stereocenters. The molecule has 0 saturated heterocycles. The molecule has 0 aliphatic heterocycles. The Morgan fingerprint density at radius 3 is 2.94 bits per heavy atom. The van der Waals surface area contributed by atoms with Gasteiger partial charge in [-0.05, 0) is 37.0 Å². The molecule has 1 aliphatic rings. The third-order valence-electron chi connectivity index (χ3n) is 3.39. The summed E-state index contributed by atoms with van der Waals surface area (Å²) in [6.45, 7) is 0. The van der Waals surface area contributed by atoms with Crippen molar-refractivity contribution in [3.63, 3.8) is 0 Å². The molecule has 2 aromatic heterocycles. The molecule has 4 nitrogen and oxygen atoms in total. The zero-order chi connectivity index (χ0) is 12.4. The summed E-state index contributed by atoms with van der Waals surface area (Å²) in [5.74, 6) is 0.869. The van der Waals surface area contributed by atoms with Crippen molar-refractivity contribution in [3.05, 3.63) is 53.4 Å². The predicted octanol–water partition coefficient (Wildman–Crippen LogP) is 1.80. The van der Waals surface area contributed by atoms with Gasteiger partial charge in [0.1, 0.15) is 5.82 Å². The molecular weight excluding hydrogens is 224 g/mol. The summed E-state index contributed by atoms with van der Waals surface area (Å²) in [6, 6.07) is 4.10. The first-order chi connectivity index (χ1) is 8.83. The van der Waals surface area contributed by atoms with E-state index in [0.29, 0.717) is 0 Å². The average molecular weight is 240 g/mol. The Labute approximate surface area is 106 Å². The first-order valence-corrected chi connectivity index (χ1v) is 6.32. The molecule has 0 radical (unpaired) electrons. The Morgan fingerprint density at radius 2 is 2.11 bits per heavy atom. The van der Waals surface area contributed by atoms with Crippen LogP contribution in [0.15, 0.2) is 30.7 Å². The molecule has 2 heterocycles. The number of pyridine rings is 1. The molecule has 0 fully saturated rings. The zero-order valence-electron chi connectivity index (χ0n) is 10.2. The number of aromatic nitrogens is 3. The molecule has 3 rings (SSSR count). The van der Waals surface area contributed by atoms with Gasteiger partial charge in [0.25, 0.3) is 0 Å². The van der Waals surface area contributed by atoms with Gasteiger partial charge in [-0.25, -0.2) is 9.97 Å². The lowest BCUT2D eigenvalue weighted by Crippen LogP contribution is -2.19. The van der Waals surface area contributed by atoms with Crippen LogP contribution in [0.2, 0.25) is 0 Å². The molecule has 2 aromatic rings. The first-order valence-electron chi connectivity index (χ1n) is 6.32. The molecular formula is C14H16N4. The minimum Gasteiger partial charge on any atom is -0.324 e. The highest BCUT2D eigenvalue weighted by atomic mass is 14.9. The SMILES string of the molecule is NC1CCCc2nc(Cc3ccncc3)ncc21. The van der Waals surface area contributed by atoms with Crippen LogP contribution in [0.3, 0.4) is 0 Å². The van der Waals surface area contributed by atoms with Gasteiger partial charge in [-0.2, -0.15) is 0 Å². The fourth-order valence-corrected chi connectivity index (χ4v) is 2.39. The van der Waals surface area contributed by atoms with Crippen LogP contribution >= 0.6 is 0 Å². The van der Waals surface area contributed by atoms with Crippen molar-refractivity contribution in [2.75, 3.05) is 0 Å². The summed E-state index contributed by atoms with van der Waals surface area (Å²) in [6.07, 6.45) is 9.44. The lowest BCUT2D eigenvalue weighted by atomic mass is 9.93. The van der Waals surface area contributed by atoms with Crippen LogP contribution in [0, 0.1) is 0 Å². The van der Waals surface area contributed by atoms with Gasteiger partial charge in [0.2, 0.25) is 0 Å². The summed E-state index contributed by atoms with van der Waals surface area (Å²) in [5.41, 5.74) is 9.50. The topological polar surface area (TPSA) is 64.7 Å². The molecule has 4 heteroatoms. The van der Waals surface area contributed by atoms with E-state index in [0.717, 1.165) is 42.8 Å². The second kappa shape index (κ2) is 4.82. The number of nitrogens with zero attached hydrogens (tertiary/aromatic N) is 3. The molecule has 1 aliphatic carbocycles. The van der Waals surface area contributed by atoms with Crippen LogP contribution in [-0.2, 0) is 12.8 Å². The number of rotatable bonds is 2. The molecule has 0 spiro atoms. The van der Waals surface area contributed by atoms with E-state index in [1.807, 2.05) is 18.3 Å². The van der Waals surface area contributed by atoms with E-state index in [1.165, 1.54) is 5.56 Å². The van der Waals surface area contributed by atoms with Crippen LogP contribution in [0.1, 0.15) is 41.5 Å². The Bertz CT molecular complexity index is 539. The van der Waals surface area contributed by atoms with Gasteiger partial charge in [0.05, 0.1) is 0 Å². The van der Waals surface area contributed by atoms with Crippen molar-refractivity contribution in [2.24, 2.45) is 5.73 Å². The summed E-state index contributed by atoms with van der Waals surface area (Å²) < 4.78 is 0. The number of fused-ring (bicyclic) bond motifs is 1. The van der Waals surface area contributed by atoms with Crippen molar-refractivity contribution >= 4 is 0 Å². The van der Waals surface area contributed by atoms with E-state index in [2.05, 4.69) is 15.0 Å². The Morgan fingerprint density at radius 1 is 1.28 bits per heavy atom. The minimum atomic E-state index is 0.115. The smallest absolute Gasteiger partial charge is 0.132 e. The summed E-state index contributed by atoms with van der Waals surface area (Å²) in [7, 11) is 0. The first kappa shape index (κ1) is 11.3. The normalized spacial score (nSPS) is 18.4. The van der Waals surface area contributed by atoms with Crippen molar-refractivity contribution in [2.45, 2.75) is 31.7 Å². The van der Waals surface area contributed by atoms with Gasteiger partial charge in [0.15, 0.2) is 0 Å². The number of hydrogen-bond donors (Lipinski definition) is 1. The van der Waals surface area contributed by atoms with Gasteiger partial charge in [-0.3, -0.25) is 4.98 Å². The average Bonchev–Trinajstić information content (AvgIpc) is 2.40. The number of nitrogens with two attached hydrogens (primary N) is 1. The van der Waals surface area contributed by atoms with E-state index in [9.17, 15) is 0 Å². The lowest BCUT2D eigenvalue weighted by Gasteiger charge is -2.21. The molecule has 92 valence electrons. The molecule has 1 unspecified atom stereocenters. The highest BCUT2D eigenvalue weighted by molar-refractivity contribution is 5.25. The predicted molar refractivity (Wildman–Crippen MR) is 68.9 cm³/mol. The highest BCUT2D eigenvalue weighted by Crippen LogP contribution is 2.25. The van der Waals surface area contributed by atoms with E-state index in [-0.39, 0.29) is 6.04 Å². The zero-order valence-corrected chi connectivity index (χ0v) is 10.2. The van der Waals surface area contributed by atoms with Crippen molar-refractivity contribution in [3.8, 4) is 0 Å².